The third-order valence-corrected chi connectivity index (χ3v) is 5.42. The van der Waals surface area contributed by atoms with Gasteiger partial charge in [0.1, 0.15) is 11.4 Å². The predicted octanol–water partition coefficient (Wildman–Crippen LogP) is 3.73. The minimum Gasteiger partial charge on any atom is -0.494 e. The minimum atomic E-state index is 0.726. The van der Waals surface area contributed by atoms with Crippen LogP contribution in [0.2, 0.25) is 0 Å². The normalized spacial score (nSPS) is 15.2. The number of hydrogen-bond acceptors (Lipinski definition) is 5. The highest BCUT2D eigenvalue weighted by Gasteiger charge is 2.17. The van der Waals surface area contributed by atoms with Gasteiger partial charge in [-0.05, 0) is 19.1 Å². The van der Waals surface area contributed by atoms with Crippen molar-refractivity contribution in [2.45, 2.75) is 6.92 Å². The van der Waals surface area contributed by atoms with Gasteiger partial charge in [0.2, 0.25) is 4.80 Å². The summed E-state index contributed by atoms with van der Waals surface area (Å²) in [6.07, 6.45) is 0. The molecule has 1 aromatic heterocycles. The van der Waals surface area contributed by atoms with Gasteiger partial charge >= 0.3 is 0 Å². The largest absolute Gasteiger partial charge is 0.494 e. The van der Waals surface area contributed by atoms with Crippen molar-refractivity contribution in [3.05, 3.63) is 64.3 Å². The molecule has 5 nitrogen and oxygen atoms in total. The first kappa shape index (κ1) is 17.8. The summed E-state index contributed by atoms with van der Waals surface area (Å²) in [4.78, 5) is 5.85. The van der Waals surface area contributed by atoms with Gasteiger partial charge in [-0.15, -0.1) is 11.3 Å². The third kappa shape index (κ3) is 3.77. The Morgan fingerprint density at radius 3 is 2.52 bits per heavy atom. The molecule has 0 atom stereocenters. The first-order valence-corrected chi connectivity index (χ1v) is 9.92. The van der Waals surface area contributed by atoms with E-state index in [2.05, 4.69) is 46.3 Å². The molecule has 6 heteroatoms. The van der Waals surface area contributed by atoms with Crippen LogP contribution in [0.3, 0.4) is 0 Å². The monoisotopic (exact) mass is 381 g/mol. The number of aryl methyl sites for hydroxylation is 1. The number of rotatable bonds is 4. The maximum absolute atomic E-state index is 5.55. The highest BCUT2D eigenvalue weighted by atomic mass is 32.1. The van der Waals surface area contributed by atoms with Gasteiger partial charge in [-0.25, -0.2) is 9.67 Å². The third-order valence-electron chi connectivity index (χ3n) is 4.60. The predicted molar refractivity (Wildman–Crippen MR) is 109 cm³/mol. The van der Waals surface area contributed by atoms with Crippen LogP contribution in [0, 0.1) is 6.92 Å². The zero-order chi connectivity index (χ0) is 18.6. The molecule has 1 aliphatic rings. The lowest BCUT2D eigenvalue weighted by molar-refractivity contribution is 0.111. The highest BCUT2D eigenvalue weighted by molar-refractivity contribution is 7.07. The quantitative estimate of drug-likeness (QED) is 0.691. The van der Waals surface area contributed by atoms with Gasteiger partial charge in [-0.2, -0.15) is 0 Å². The van der Waals surface area contributed by atoms with Crippen LogP contribution in [-0.4, -0.2) is 38.1 Å². The molecule has 1 aliphatic heterocycles. The maximum atomic E-state index is 5.55. The topological polar surface area (TPSA) is 39.0 Å². The second-order valence-corrected chi connectivity index (χ2v) is 7.27. The number of methoxy groups -OCH3 is 1. The first-order chi connectivity index (χ1) is 13.3. The van der Waals surface area contributed by atoms with Gasteiger partial charge in [0.15, 0.2) is 0 Å². The van der Waals surface area contributed by atoms with Crippen LogP contribution < -0.4 is 14.5 Å². The summed E-state index contributed by atoms with van der Waals surface area (Å²) in [6.45, 7) is 5.24. The summed E-state index contributed by atoms with van der Waals surface area (Å²) in [5.41, 5.74) is 4.42. The van der Waals surface area contributed by atoms with Crippen molar-refractivity contribution in [2.75, 3.05) is 38.4 Å². The fraction of sp³-hybridized carbons (Fsp3) is 0.286. The number of thiazole rings is 1. The van der Waals surface area contributed by atoms with E-state index in [0.717, 1.165) is 48.2 Å². The molecule has 4 rings (SSSR count). The lowest BCUT2D eigenvalue weighted by Crippen LogP contribution is -2.48. The van der Waals surface area contributed by atoms with E-state index in [1.165, 1.54) is 11.1 Å². The van der Waals surface area contributed by atoms with Crippen molar-refractivity contribution in [1.29, 1.82) is 0 Å². The molecule has 0 amide bonds. The van der Waals surface area contributed by atoms with Crippen molar-refractivity contribution in [2.24, 2.45) is 4.99 Å². The van der Waals surface area contributed by atoms with E-state index < -0.39 is 0 Å². The van der Waals surface area contributed by atoms with E-state index in [9.17, 15) is 0 Å². The van der Waals surface area contributed by atoms with Gasteiger partial charge in [0, 0.05) is 10.9 Å². The second kappa shape index (κ2) is 7.98. The molecule has 0 N–H and O–H groups in total. The van der Waals surface area contributed by atoms with Crippen LogP contribution in [0.15, 0.2) is 58.9 Å². The van der Waals surface area contributed by atoms with Crippen molar-refractivity contribution in [3.8, 4) is 17.0 Å². The fourth-order valence-corrected chi connectivity index (χ4v) is 4.07. The van der Waals surface area contributed by atoms with E-state index in [1.54, 1.807) is 18.4 Å². The van der Waals surface area contributed by atoms with E-state index in [-0.39, 0.29) is 0 Å². The van der Waals surface area contributed by atoms with Crippen LogP contribution in [0.5, 0.6) is 5.75 Å². The van der Waals surface area contributed by atoms with E-state index >= 15 is 0 Å². The van der Waals surface area contributed by atoms with Crippen molar-refractivity contribution in [1.82, 2.24) is 4.68 Å². The van der Waals surface area contributed by atoms with E-state index in [0.29, 0.717) is 0 Å². The van der Waals surface area contributed by atoms with Gasteiger partial charge in [0.05, 0.1) is 39.1 Å². The van der Waals surface area contributed by atoms with Gasteiger partial charge < -0.3 is 14.5 Å². The zero-order valence-corrected chi connectivity index (χ0v) is 16.4. The molecule has 27 heavy (non-hydrogen) atoms. The van der Waals surface area contributed by atoms with Crippen molar-refractivity contribution in [3.63, 3.8) is 0 Å². The summed E-state index contributed by atoms with van der Waals surface area (Å²) in [6, 6.07) is 16.5. The molecule has 0 spiro atoms. The SMILES string of the molecule is COc1ccccc1N=c1scc(-c2ccc(C)cc2)n1N1CCOCC1. The molecule has 140 valence electrons. The van der Waals surface area contributed by atoms with Gasteiger partial charge in [0.25, 0.3) is 0 Å². The summed E-state index contributed by atoms with van der Waals surface area (Å²) in [5.74, 6) is 0.774. The molecular weight excluding hydrogens is 358 g/mol. The maximum Gasteiger partial charge on any atom is 0.209 e. The van der Waals surface area contributed by atoms with Crippen LogP contribution in [0.25, 0.3) is 11.3 Å². The van der Waals surface area contributed by atoms with Gasteiger partial charge in [-0.1, -0.05) is 42.0 Å². The van der Waals surface area contributed by atoms with Crippen LogP contribution in [-0.2, 0) is 4.74 Å². The van der Waals surface area contributed by atoms with Crippen LogP contribution >= 0.6 is 11.3 Å². The van der Waals surface area contributed by atoms with Crippen LogP contribution in [0.1, 0.15) is 5.56 Å². The number of hydrogen-bond donors (Lipinski definition) is 0. The molecule has 0 unspecified atom stereocenters. The minimum absolute atomic E-state index is 0.726. The van der Waals surface area contributed by atoms with Crippen molar-refractivity contribution < 1.29 is 9.47 Å². The Morgan fingerprint density at radius 2 is 1.78 bits per heavy atom. The Balaban J connectivity index is 1.86. The fourth-order valence-electron chi connectivity index (χ4n) is 3.15. The number of benzene rings is 2. The number of para-hydroxylation sites is 2. The molecule has 3 aromatic rings. The Bertz CT molecular complexity index is 970. The average Bonchev–Trinajstić information content (AvgIpc) is 3.13. The summed E-state index contributed by atoms with van der Waals surface area (Å²) in [5, 5.41) is 4.48. The second-order valence-electron chi connectivity index (χ2n) is 6.43. The van der Waals surface area contributed by atoms with Crippen molar-refractivity contribution >= 4 is 17.0 Å². The summed E-state index contributed by atoms with van der Waals surface area (Å²) in [7, 11) is 1.68. The number of ether oxygens (including phenoxy) is 2. The highest BCUT2D eigenvalue weighted by Crippen LogP contribution is 2.27. The molecule has 0 aliphatic carbocycles. The van der Waals surface area contributed by atoms with Crippen LogP contribution in [0.4, 0.5) is 5.69 Å². The summed E-state index contributed by atoms with van der Waals surface area (Å²) >= 11 is 1.64. The summed E-state index contributed by atoms with van der Waals surface area (Å²) < 4.78 is 13.3. The Hall–Kier alpha value is -2.57. The molecule has 1 fully saturated rings. The van der Waals surface area contributed by atoms with E-state index in [1.807, 2.05) is 24.3 Å². The lowest BCUT2D eigenvalue weighted by Gasteiger charge is -2.31. The molecule has 0 saturated carbocycles. The molecule has 2 aromatic carbocycles. The molecule has 0 radical (unpaired) electrons. The number of morpholine rings is 1. The standard InChI is InChI=1S/C21H23N3O2S/c1-16-7-9-17(10-8-16)19-15-27-21(24(19)23-11-13-26-14-12-23)22-18-5-3-4-6-20(18)25-2/h3-10,15H,11-14H2,1-2H3. The zero-order valence-electron chi connectivity index (χ0n) is 15.6. The molecule has 0 bridgehead atoms. The Labute approximate surface area is 163 Å². The molecule has 1 saturated heterocycles. The number of aromatic nitrogens is 1. The van der Waals surface area contributed by atoms with Gasteiger partial charge in [-0.3, -0.25) is 0 Å². The Morgan fingerprint density at radius 1 is 1.04 bits per heavy atom. The smallest absolute Gasteiger partial charge is 0.209 e. The lowest BCUT2D eigenvalue weighted by atomic mass is 10.1. The average molecular weight is 382 g/mol. The Kier molecular flexibility index (Phi) is 5.27. The van der Waals surface area contributed by atoms with E-state index in [4.69, 9.17) is 14.5 Å². The molecular formula is C21H23N3O2S. The first-order valence-electron chi connectivity index (χ1n) is 9.04. The number of nitrogens with zero attached hydrogens (tertiary/aromatic N) is 3. The molecule has 2 heterocycles.